The van der Waals surface area contributed by atoms with Crippen molar-refractivity contribution in [3.8, 4) is 23.0 Å². The highest BCUT2D eigenvalue weighted by Gasteiger charge is 2.40. The van der Waals surface area contributed by atoms with Crippen molar-refractivity contribution in [2.24, 2.45) is 7.05 Å². The number of halogens is 6. The molecule has 0 aliphatic carbocycles. The average Bonchev–Trinajstić information content (AvgIpc) is 3.60. The number of benzene rings is 2. The van der Waals surface area contributed by atoms with E-state index in [4.69, 9.17) is 21.3 Å². The second-order valence-electron chi connectivity index (χ2n) is 13.4. The number of aryl methyl sites for hydroxylation is 1. The Morgan fingerprint density at radius 3 is 2.44 bits per heavy atom. The van der Waals surface area contributed by atoms with Crippen molar-refractivity contribution in [2.45, 2.75) is 57.7 Å². The van der Waals surface area contributed by atoms with Gasteiger partial charge in [0.15, 0.2) is 11.5 Å². The van der Waals surface area contributed by atoms with Gasteiger partial charge in [-0.2, -0.15) is 23.4 Å². The number of fused-ring (bicyclic) bond motifs is 2. The van der Waals surface area contributed by atoms with Gasteiger partial charge in [-0.3, -0.25) is 18.9 Å². The van der Waals surface area contributed by atoms with Crippen molar-refractivity contribution >= 4 is 44.3 Å². The number of aromatic nitrogens is 5. The summed E-state index contributed by atoms with van der Waals surface area (Å²) in [7, 11) is -2.26. The molecule has 6 rings (SSSR count). The van der Waals surface area contributed by atoms with Crippen molar-refractivity contribution in [1.82, 2.24) is 29.9 Å². The van der Waals surface area contributed by atoms with Crippen LogP contribution in [0.25, 0.3) is 22.0 Å². The molecular weight excluding hydrogens is 773 g/mol. The lowest BCUT2D eigenvalue weighted by molar-refractivity contribution is -0.142. The monoisotopic (exact) mass is 805 g/mol. The van der Waals surface area contributed by atoms with E-state index in [0.717, 1.165) is 23.1 Å². The van der Waals surface area contributed by atoms with Crippen LogP contribution in [0.4, 0.5) is 27.8 Å². The van der Waals surface area contributed by atoms with E-state index in [1.54, 1.807) is 19.2 Å². The van der Waals surface area contributed by atoms with Crippen LogP contribution in [0.3, 0.4) is 0 Å². The van der Waals surface area contributed by atoms with Crippen LogP contribution in [0.5, 0.6) is 0 Å². The summed E-state index contributed by atoms with van der Waals surface area (Å²) in [6.07, 6.45) is -4.18. The topological polar surface area (TPSA) is 153 Å². The van der Waals surface area contributed by atoms with Crippen molar-refractivity contribution in [3.63, 3.8) is 0 Å². The van der Waals surface area contributed by atoms with Crippen molar-refractivity contribution in [3.05, 3.63) is 93.0 Å². The molecule has 3 N–H and O–H groups in total. The van der Waals surface area contributed by atoms with E-state index in [1.807, 2.05) is 0 Å². The van der Waals surface area contributed by atoms with E-state index in [2.05, 4.69) is 32.1 Å². The molecule has 4 heterocycles. The summed E-state index contributed by atoms with van der Waals surface area (Å²) in [6, 6.07) is 7.78. The number of aliphatic hydroxyl groups is 1. The van der Waals surface area contributed by atoms with Crippen LogP contribution in [-0.2, 0) is 58.8 Å². The predicted octanol–water partition coefficient (Wildman–Crippen LogP) is 5.45. The Bertz CT molecular complexity index is 2480. The predicted molar refractivity (Wildman–Crippen MR) is 192 cm³/mol. The van der Waals surface area contributed by atoms with E-state index in [9.17, 15) is 40.3 Å². The molecule has 1 amide bonds. The summed E-state index contributed by atoms with van der Waals surface area (Å²) in [5.41, 5.74) is -1.22. The molecule has 290 valence electrons. The summed E-state index contributed by atoms with van der Waals surface area (Å²) in [5, 5.41) is 21.5. The third-order valence-corrected chi connectivity index (χ3v) is 9.30. The maximum atomic E-state index is 14.5. The van der Waals surface area contributed by atoms with E-state index < -0.39 is 57.6 Å². The van der Waals surface area contributed by atoms with Gasteiger partial charge in [-0.15, -0.1) is 0 Å². The van der Waals surface area contributed by atoms with Crippen molar-refractivity contribution in [2.75, 3.05) is 17.6 Å². The fourth-order valence-electron chi connectivity index (χ4n) is 6.31. The normalized spacial score (nSPS) is 13.9. The maximum absolute atomic E-state index is 14.5. The van der Waals surface area contributed by atoms with E-state index in [1.165, 1.54) is 30.7 Å². The van der Waals surface area contributed by atoms with Crippen LogP contribution in [-0.4, -0.2) is 62.4 Å². The van der Waals surface area contributed by atoms with Gasteiger partial charge >= 0.3 is 6.18 Å². The average molecular weight is 806 g/mol. The first-order chi connectivity index (χ1) is 25.7. The molecule has 0 fully saturated rings. The smallest absolute Gasteiger partial charge is 0.378 e. The molecular formula is C36H33ClF5N7O5S. The number of anilines is 1. The third-order valence-electron chi connectivity index (χ3n) is 8.42. The lowest BCUT2D eigenvalue weighted by Crippen LogP contribution is -2.34. The molecule has 3 aromatic heterocycles. The van der Waals surface area contributed by atoms with Gasteiger partial charge in [-0.05, 0) is 68.5 Å². The minimum absolute atomic E-state index is 0.0435. The number of nitrogens with one attached hydrogen (secondary N) is 2. The first kappa shape index (κ1) is 39.6. The van der Waals surface area contributed by atoms with Crippen LogP contribution < -0.4 is 10.0 Å². The lowest BCUT2D eigenvalue weighted by Gasteiger charge is -2.23. The molecule has 0 spiro atoms. The zero-order valence-corrected chi connectivity index (χ0v) is 31.2. The number of amides is 1. The highest BCUT2D eigenvalue weighted by molar-refractivity contribution is 7.92. The highest BCUT2D eigenvalue weighted by Crippen LogP contribution is 2.40. The zero-order valence-electron chi connectivity index (χ0n) is 29.6. The Kier molecular flexibility index (Phi) is 10.7. The molecule has 12 nitrogen and oxygen atoms in total. The molecule has 1 aliphatic heterocycles. The number of rotatable bonds is 9. The van der Waals surface area contributed by atoms with Gasteiger partial charge in [0.1, 0.15) is 29.5 Å². The fourth-order valence-corrected chi connectivity index (χ4v) is 7.05. The van der Waals surface area contributed by atoms with Gasteiger partial charge in [0, 0.05) is 29.8 Å². The molecule has 0 saturated carbocycles. The molecule has 0 radical (unpaired) electrons. The number of sulfonamides is 1. The minimum atomic E-state index is -4.79. The molecule has 0 bridgehead atoms. The summed E-state index contributed by atoms with van der Waals surface area (Å²) in [4.78, 5) is 18.6. The standard InChI is InChI=1S/C36H33ClF5N7O5S/c1-35(2,51)11-9-22-5-6-23(24-7-8-26(37)30-32(24)48(3)46-34(30)47-55(4,52)53)31(43-22)27(15-19-13-20(38)16-21(39)14-19)44-29(50)17-49-28-18-54-12-10-25(28)33(45-49)36(40,41)42/h5-8,13-14,16,27,51H,10,12,15,17-18H2,1-4H3,(H,44,50)(H,46,47)/t27-/m0/s1. The molecule has 1 atom stereocenters. The van der Waals surface area contributed by atoms with Crippen LogP contribution in [0, 0.1) is 23.5 Å². The Hall–Kier alpha value is -5.09. The molecule has 5 aromatic rings. The molecule has 55 heavy (non-hydrogen) atoms. The van der Waals surface area contributed by atoms with Crippen LogP contribution in [0.1, 0.15) is 53.8 Å². The van der Waals surface area contributed by atoms with Gasteiger partial charge in [0.2, 0.25) is 15.9 Å². The quantitative estimate of drug-likeness (QED) is 0.131. The Morgan fingerprint density at radius 1 is 1.09 bits per heavy atom. The number of carbonyl (C=O) groups excluding carboxylic acids is 1. The number of nitrogens with zero attached hydrogens (tertiary/aromatic N) is 5. The second kappa shape index (κ2) is 14.9. The van der Waals surface area contributed by atoms with E-state index in [-0.39, 0.29) is 70.5 Å². The molecule has 19 heteroatoms. The maximum Gasteiger partial charge on any atom is 0.435 e. The molecule has 0 unspecified atom stereocenters. The summed E-state index contributed by atoms with van der Waals surface area (Å²) in [6.45, 7) is 2.06. The molecule has 1 aliphatic rings. The van der Waals surface area contributed by atoms with E-state index >= 15 is 0 Å². The largest absolute Gasteiger partial charge is 0.435 e. The fraction of sp³-hybridized carbons (Fsp3) is 0.333. The third kappa shape index (κ3) is 9.07. The van der Waals surface area contributed by atoms with Crippen molar-refractivity contribution < 1.29 is 45.0 Å². The number of hydrogen-bond donors (Lipinski definition) is 3. The number of ether oxygens (including phenoxy) is 1. The lowest BCUT2D eigenvalue weighted by atomic mass is 9.93. The van der Waals surface area contributed by atoms with Gasteiger partial charge in [0.25, 0.3) is 0 Å². The summed E-state index contributed by atoms with van der Waals surface area (Å²) < 4.78 is 105. The highest BCUT2D eigenvalue weighted by atomic mass is 35.5. The number of hydrogen-bond acceptors (Lipinski definition) is 8. The number of carbonyl (C=O) groups is 1. The summed E-state index contributed by atoms with van der Waals surface area (Å²) >= 11 is 6.58. The van der Waals surface area contributed by atoms with Crippen LogP contribution in [0.15, 0.2) is 42.5 Å². The Morgan fingerprint density at radius 2 is 1.78 bits per heavy atom. The summed E-state index contributed by atoms with van der Waals surface area (Å²) in [5.74, 6) is 2.74. The number of pyridine rings is 1. The second-order valence-corrected chi connectivity index (χ2v) is 15.6. The molecule has 0 saturated heterocycles. The van der Waals surface area contributed by atoms with Gasteiger partial charge in [-0.25, -0.2) is 22.2 Å². The molecule has 2 aromatic carbocycles. The Labute approximate surface area is 316 Å². The van der Waals surface area contributed by atoms with Gasteiger partial charge in [-0.1, -0.05) is 23.6 Å². The van der Waals surface area contributed by atoms with Gasteiger partial charge in [0.05, 0.1) is 52.8 Å². The van der Waals surface area contributed by atoms with Crippen molar-refractivity contribution in [1.29, 1.82) is 0 Å². The number of alkyl halides is 3. The first-order valence-electron chi connectivity index (χ1n) is 16.5. The SMILES string of the molecule is Cn1nc(NS(C)(=O)=O)c2c(Cl)ccc(-c3ccc(C#CC(C)(C)O)nc3[C@H](Cc3cc(F)cc(F)c3)NC(=O)Cn3nc(C(F)(F)F)c4c3COCC4)c21. The Balaban J connectivity index is 1.53. The van der Waals surface area contributed by atoms with Crippen LogP contribution in [0.2, 0.25) is 5.02 Å². The first-order valence-corrected chi connectivity index (χ1v) is 18.8. The van der Waals surface area contributed by atoms with Crippen LogP contribution >= 0.6 is 11.6 Å². The minimum Gasteiger partial charge on any atom is -0.378 e. The van der Waals surface area contributed by atoms with E-state index in [0.29, 0.717) is 22.7 Å². The zero-order chi connectivity index (χ0) is 40.0. The van der Waals surface area contributed by atoms with Gasteiger partial charge < -0.3 is 15.2 Å².